The first-order chi connectivity index (χ1) is 4.67. The lowest BCUT2D eigenvalue weighted by atomic mass is 9.84. The van der Waals surface area contributed by atoms with Crippen LogP contribution >= 0.6 is 0 Å². The second-order valence-electron chi connectivity index (χ2n) is 4.62. The van der Waals surface area contributed by atoms with Crippen LogP contribution in [-0.4, -0.2) is 16.9 Å². The minimum Gasteiger partial charge on any atom is -0.376 e. The highest BCUT2D eigenvalue weighted by Crippen LogP contribution is 2.27. The average Bonchev–Trinajstić information content (AvgIpc) is 1.56. The van der Waals surface area contributed by atoms with Crippen LogP contribution in [0.2, 0.25) is 0 Å². The molecule has 0 spiro atoms. The number of hydrogen-bond acceptors (Lipinski definition) is 2. The van der Waals surface area contributed by atoms with Crippen molar-refractivity contribution in [3.05, 3.63) is 0 Å². The molecule has 2 N–H and O–H groups in total. The fourth-order valence-corrected chi connectivity index (χ4v) is 0.779. The summed E-state index contributed by atoms with van der Waals surface area (Å²) in [5, 5.41) is 13.0. The summed E-state index contributed by atoms with van der Waals surface area (Å²) in [5.74, 6) is 0. The Bertz CT molecular complexity index is 122. The number of aliphatic hydroxyl groups is 1. The molecule has 2 heteroatoms. The Labute approximate surface area is 70.0 Å². The van der Waals surface area contributed by atoms with Crippen molar-refractivity contribution in [2.75, 3.05) is 0 Å². The molecular weight excluding hydrogens is 138 g/mol. The third kappa shape index (κ3) is 3.21. The zero-order valence-electron chi connectivity index (χ0n) is 8.52. The predicted octanol–water partition coefficient (Wildman–Crippen LogP) is 1.74. The molecule has 2 nitrogen and oxygen atoms in total. The molecule has 1 atom stereocenters. The van der Waals surface area contributed by atoms with E-state index >= 15 is 0 Å². The van der Waals surface area contributed by atoms with Crippen LogP contribution in [0.4, 0.5) is 0 Å². The van der Waals surface area contributed by atoms with Crippen molar-refractivity contribution in [3.63, 3.8) is 0 Å². The Morgan fingerprint density at radius 2 is 1.45 bits per heavy atom. The zero-order chi connectivity index (χ0) is 9.28. The first-order valence-corrected chi connectivity index (χ1v) is 4.17. The summed E-state index contributed by atoms with van der Waals surface area (Å²) in [6.07, 6.45) is 0. The second kappa shape index (κ2) is 3.11. The van der Waals surface area contributed by atoms with Gasteiger partial charge in [-0.25, -0.2) is 0 Å². The SMILES string of the molecule is CC(C)NC(C)(O)C(C)(C)C. The van der Waals surface area contributed by atoms with E-state index in [1.165, 1.54) is 0 Å². The molecule has 0 bridgehead atoms. The van der Waals surface area contributed by atoms with Gasteiger partial charge in [0.1, 0.15) is 5.72 Å². The molecule has 0 saturated heterocycles. The molecule has 0 heterocycles. The summed E-state index contributed by atoms with van der Waals surface area (Å²) >= 11 is 0. The van der Waals surface area contributed by atoms with E-state index in [9.17, 15) is 5.11 Å². The molecule has 1 unspecified atom stereocenters. The lowest BCUT2D eigenvalue weighted by Crippen LogP contribution is -2.54. The summed E-state index contributed by atoms with van der Waals surface area (Å²) < 4.78 is 0. The van der Waals surface area contributed by atoms with Crippen LogP contribution in [0.25, 0.3) is 0 Å². The molecule has 68 valence electrons. The summed E-state index contributed by atoms with van der Waals surface area (Å²) in [6, 6.07) is 0.309. The second-order valence-corrected chi connectivity index (χ2v) is 4.62. The van der Waals surface area contributed by atoms with Crippen LogP contribution in [0, 0.1) is 5.41 Å². The molecule has 0 aliphatic heterocycles. The van der Waals surface area contributed by atoms with Gasteiger partial charge in [-0.3, -0.25) is 5.32 Å². The topological polar surface area (TPSA) is 32.3 Å². The van der Waals surface area contributed by atoms with Crippen molar-refractivity contribution in [3.8, 4) is 0 Å². The van der Waals surface area contributed by atoms with E-state index in [4.69, 9.17) is 0 Å². The Balaban J connectivity index is 4.22. The van der Waals surface area contributed by atoms with Gasteiger partial charge in [-0.05, 0) is 20.8 Å². The van der Waals surface area contributed by atoms with Crippen molar-refractivity contribution in [2.45, 2.75) is 53.3 Å². The van der Waals surface area contributed by atoms with Gasteiger partial charge in [-0.15, -0.1) is 0 Å². The molecule has 0 aromatic heterocycles. The van der Waals surface area contributed by atoms with Gasteiger partial charge < -0.3 is 5.11 Å². The van der Waals surface area contributed by atoms with Gasteiger partial charge in [0.05, 0.1) is 0 Å². The first kappa shape index (κ1) is 10.9. The molecule has 11 heavy (non-hydrogen) atoms. The van der Waals surface area contributed by atoms with E-state index in [2.05, 4.69) is 5.32 Å². The third-order valence-electron chi connectivity index (χ3n) is 2.03. The monoisotopic (exact) mass is 159 g/mol. The highest BCUT2D eigenvalue weighted by atomic mass is 16.3. The molecule has 0 rings (SSSR count). The third-order valence-corrected chi connectivity index (χ3v) is 2.03. The minimum absolute atomic E-state index is 0.128. The highest BCUT2D eigenvalue weighted by molar-refractivity contribution is 4.84. The van der Waals surface area contributed by atoms with E-state index in [1.54, 1.807) is 0 Å². The van der Waals surface area contributed by atoms with Crippen molar-refractivity contribution in [1.29, 1.82) is 0 Å². The molecule has 0 fully saturated rings. The lowest BCUT2D eigenvalue weighted by Gasteiger charge is -2.39. The van der Waals surface area contributed by atoms with Crippen LogP contribution in [0.5, 0.6) is 0 Å². The maximum Gasteiger partial charge on any atom is 0.118 e. The highest BCUT2D eigenvalue weighted by Gasteiger charge is 2.35. The molecule has 0 radical (unpaired) electrons. The fourth-order valence-electron chi connectivity index (χ4n) is 0.779. The van der Waals surface area contributed by atoms with Gasteiger partial charge in [-0.1, -0.05) is 20.8 Å². The smallest absolute Gasteiger partial charge is 0.118 e. The predicted molar refractivity (Wildman–Crippen MR) is 48.4 cm³/mol. The van der Waals surface area contributed by atoms with Crippen molar-refractivity contribution < 1.29 is 5.11 Å². The van der Waals surface area contributed by atoms with Crippen LogP contribution in [0.3, 0.4) is 0 Å². The number of rotatable bonds is 2. The van der Waals surface area contributed by atoms with Gasteiger partial charge in [-0.2, -0.15) is 0 Å². The zero-order valence-corrected chi connectivity index (χ0v) is 8.52. The Morgan fingerprint density at radius 1 is 1.09 bits per heavy atom. The van der Waals surface area contributed by atoms with Crippen molar-refractivity contribution >= 4 is 0 Å². The van der Waals surface area contributed by atoms with E-state index in [0.29, 0.717) is 6.04 Å². The maximum atomic E-state index is 9.91. The summed E-state index contributed by atoms with van der Waals surface area (Å²) in [4.78, 5) is 0. The number of hydrogen-bond donors (Lipinski definition) is 2. The Hall–Kier alpha value is -0.0800. The quantitative estimate of drug-likeness (QED) is 0.601. The van der Waals surface area contributed by atoms with E-state index in [-0.39, 0.29) is 5.41 Å². The van der Waals surface area contributed by atoms with Gasteiger partial charge in [0.25, 0.3) is 0 Å². The Kier molecular flexibility index (Phi) is 3.09. The van der Waals surface area contributed by atoms with Gasteiger partial charge >= 0.3 is 0 Å². The number of nitrogens with one attached hydrogen (secondary N) is 1. The Morgan fingerprint density at radius 3 is 1.55 bits per heavy atom. The van der Waals surface area contributed by atoms with Gasteiger partial charge in [0.2, 0.25) is 0 Å². The van der Waals surface area contributed by atoms with Gasteiger partial charge in [0.15, 0.2) is 0 Å². The van der Waals surface area contributed by atoms with Crippen LogP contribution in [-0.2, 0) is 0 Å². The average molecular weight is 159 g/mol. The normalized spacial score (nSPS) is 18.5. The van der Waals surface area contributed by atoms with Crippen LogP contribution in [0.15, 0.2) is 0 Å². The van der Waals surface area contributed by atoms with Crippen molar-refractivity contribution in [2.24, 2.45) is 5.41 Å². The summed E-state index contributed by atoms with van der Waals surface area (Å²) in [5.41, 5.74) is -0.918. The molecule has 0 aromatic carbocycles. The van der Waals surface area contributed by atoms with E-state index in [0.717, 1.165) is 0 Å². The van der Waals surface area contributed by atoms with Crippen LogP contribution in [0.1, 0.15) is 41.5 Å². The molecule has 0 aromatic rings. The van der Waals surface area contributed by atoms with E-state index in [1.807, 2.05) is 41.5 Å². The molecular formula is C9H21NO. The maximum absolute atomic E-state index is 9.91. The minimum atomic E-state index is -0.791. The molecule has 0 aliphatic rings. The molecule has 0 saturated carbocycles. The largest absolute Gasteiger partial charge is 0.376 e. The lowest BCUT2D eigenvalue weighted by molar-refractivity contribution is -0.0760. The van der Waals surface area contributed by atoms with Crippen molar-refractivity contribution in [1.82, 2.24) is 5.32 Å². The molecule has 0 amide bonds. The first-order valence-electron chi connectivity index (χ1n) is 4.17. The fraction of sp³-hybridized carbons (Fsp3) is 1.00. The summed E-state index contributed by atoms with van der Waals surface area (Å²) in [6.45, 7) is 11.9. The van der Waals surface area contributed by atoms with E-state index < -0.39 is 5.72 Å². The van der Waals surface area contributed by atoms with Crippen LogP contribution < -0.4 is 5.32 Å². The molecule has 0 aliphatic carbocycles. The standard InChI is InChI=1S/C9H21NO/c1-7(2)10-9(6,11)8(3,4)5/h7,10-11H,1-6H3. The summed E-state index contributed by atoms with van der Waals surface area (Å²) in [7, 11) is 0. The van der Waals surface area contributed by atoms with Gasteiger partial charge in [0, 0.05) is 11.5 Å².